The number of hydrogen-bond donors (Lipinski definition) is 2. The van der Waals surface area contributed by atoms with Crippen molar-refractivity contribution in [2.24, 2.45) is 0 Å². The van der Waals surface area contributed by atoms with Gasteiger partial charge in [-0.3, -0.25) is 4.79 Å². The van der Waals surface area contributed by atoms with E-state index < -0.39 is 11.9 Å². The van der Waals surface area contributed by atoms with E-state index in [0.717, 1.165) is 22.2 Å². The fraction of sp³-hybridized carbons (Fsp3) is 0.231. The largest absolute Gasteiger partial charge is 0.496 e. The number of nitrogens with one attached hydrogen (secondary N) is 1. The van der Waals surface area contributed by atoms with Crippen LogP contribution in [0, 0.1) is 0 Å². The Kier molecular flexibility index (Phi) is 5.57. The Balaban J connectivity index is 2.73. The van der Waals surface area contributed by atoms with Gasteiger partial charge < -0.3 is 15.2 Å². The SMILES string of the molecule is COc1ccc(C(C)NC(=O)/C=C/C(=O)O)cc1Br. The fourth-order valence-corrected chi connectivity index (χ4v) is 2.00. The minimum absolute atomic E-state index is 0.242. The maximum Gasteiger partial charge on any atom is 0.328 e. The number of rotatable bonds is 5. The van der Waals surface area contributed by atoms with Crippen LogP contribution in [0.3, 0.4) is 0 Å². The summed E-state index contributed by atoms with van der Waals surface area (Å²) in [5, 5.41) is 11.1. The third kappa shape index (κ3) is 4.75. The highest BCUT2D eigenvalue weighted by atomic mass is 79.9. The van der Waals surface area contributed by atoms with Crippen LogP contribution in [0.5, 0.6) is 5.75 Å². The molecule has 1 aromatic carbocycles. The minimum Gasteiger partial charge on any atom is -0.496 e. The minimum atomic E-state index is -1.16. The van der Waals surface area contributed by atoms with E-state index >= 15 is 0 Å². The number of carboxylic acids is 1. The van der Waals surface area contributed by atoms with Gasteiger partial charge in [-0.2, -0.15) is 0 Å². The average Bonchev–Trinajstić information content (AvgIpc) is 2.36. The summed E-state index contributed by atoms with van der Waals surface area (Å²) in [6, 6.07) is 5.21. The molecule has 1 atom stereocenters. The first-order valence-corrected chi connectivity index (χ1v) is 6.28. The van der Waals surface area contributed by atoms with Crippen molar-refractivity contribution in [2.45, 2.75) is 13.0 Å². The summed E-state index contributed by atoms with van der Waals surface area (Å²) < 4.78 is 5.90. The number of carbonyl (C=O) groups excluding carboxylic acids is 1. The summed E-state index contributed by atoms with van der Waals surface area (Å²) in [6.45, 7) is 1.81. The van der Waals surface area contributed by atoms with Crippen molar-refractivity contribution in [3.8, 4) is 5.75 Å². The van der Waals surface area contributed by atoms with Crippen molar-refractivity contribution in [1.29, 1.82) is 0 Å². The fourth-order valence-electron chi connectivity index (χ4n) is 1.44. The maximum atomic E-state index is 11.4. The zero-order valence-electron chi connectivity index (χ0n) is 10.5. The van der Waals surface area contributed by atoms with Crippen molar-refractivity contribution in [3.05, 3.63) is 40.4 Å². The van der Waals surface area contributed by atoms with Gasteiger partial charge in [0.15, 0.2) is 0 Å². The number of benzene rings is 1. The molecule has 0 heterocycles. The lowest BCUT2D eigenvalue weighted by atomic mass is 10.1. The molecule has 5 nitrogen and oxygen atoms in total. The van der Waals surface area contributed by atoms with Crippen LogP contribution in [-0.2, 0) is 9.59 Å². The average molecular weight is 328 g/mol. The van der Waals surface area contributed by atoms with Gasteiger partial charge in [0.25, 0.3) is 0 Å². The molecule has 0 aromatic heterocycles. The molecule has 6 heteroatoms. The molecule has 0 saturated carbocycles. The molecule has 102 valence electrons. The molecule has 1 aromatic rings. The van der Waals surface area contributed by atoms with Crippen molar-refractivity contribution >= 4 is 27.8 Å². The molecule has 1 unspecified atom stereocenters. The molecular formula is C13H14BrNO4. The predicted octanol–water partition coefficient (Wildman–Crippen LogP) is 2.28. The van der Waals surface area contributed by atoms with E-state index in [1.54, 1.807) is 20.1 Å². The summed E-state index contributed by atoms with van der Waals surface area (Å²) in [7, 11) is 1.57. The highest BCUT2D eigenvalue weighted by Gasteiger charge is 2.10. The third-order valence-electron chi connectivity index (χ3n) is 2.41. The molecular weight excluding hydrogens is 314 g/mol. The Morgan fingerprint density at radius 2 is 2.11 bits per heavy atom. The molecule has 0 aliphatic rings. The van der Waals surface area contributed by atoms with E-state index in [0.29, 0.717) is 5.75 Å². The van der Waals surface area contributed by atoms with Gasteiger partial charge in [0.05, 0.1) is 17.6 Å². The second-order valence-electron chi connectivity index (χ2n) is 3.80. The second kappa shape index (κ2) is 6.94. The quantitative estimate of drug-likeness (QED) is 0.813. The first-order valence-electron chi connectivity index (χ1n) is 5.49. The molecule has 2 N–H and O–H groups in total. The molecule has 0 bridgehead atoms. The Bertz CT molecular complexity index is 513. The first-order chi connectivity index (χ1) is 8.93. The number of aliphatic carboxylic acids is 1. The van der Waals surface area contributed by atoms with Crippen LogP contribution in [0.1, 0.15) is 18.5 Å². The van der Waals surface area contributed by atoms with E-state index in [-0.39, 0.29) is 6.04 Å². The Morgan fingerprint density at radius 3 is 2.63 bits per heavy atom. The van der Waals surface area contributed by atoms with E-state index in [2.05, 4.69) is 21.2 Å². The zero-order valence-corrected chi connectivity index (χ0v) is 12.1. The van der Waals surface area contributed by atoms with Crippen molar-refractivity contribution in [1.82, 2.24) is 5.32 Å². The molecule has 1 rings (SSSR count). The molecule has 0 saturated heterocycles. The molecule has 1 amide bonds. The summed E-state index contributed by atoms with van der Waals surface area (Å²) in [5.74, 6) is -0.912. The van der Waals surface area contributed by atoms with Crippen molar-refractivity contribution in [2.75, 3.05) is 7.11 Å². The van der Waals surface area contributed by atoms with E-state index in [9.17, 15) is 9.59 Å². The monoisotopic (exact) mass is 327 g/mol. The summed E-state index contributed by atoms with van der Waals surface area (Å²) in [6.07, 6.45) is 1.78. The van der Waals surface area contributed by atoms with Crippen LogP contribution in [0.2, 0.25) is 0 Å². The van der Waals surface area contributed by atoms with Gasteiger partial charge in [-0.1, -0.05) is 6.07 Å². The first kappa shape index (κ1) is 15.2. The lowest BCUT2D eigenvalue weighted by Gasteiger charge is -2.14. The highest BCUT2D eigenvalue weighted by molar-refractivity contribution is 9.10. The number of carboxylic acid groups (broad SMARTS) is 1. The van der Waals surface area contributed by atoms with Gasteiger partial charge in [-0.05, 0) is 40.5 Å². The number of methoxy groups -OCH3 is 1. The molecule has 0 radical (unpaired) electrons. The number of halogens is 1. The Morgan fingerprint density at radius 1 is 1.42 bits per heavy atom. The Labute approximate surface area is 119 Å². The predicted molar refractivity (Wildman–Crippen MR) is 74.0 cm³/mol. The molecule has 0 aliphatic carbocycles. The summed E-state index contributed by atoms with van der Waals surface area (Å²) in [4.78, 5) is 21.7. The van der Waals surface area contributed by atoms with Crippen LogP contribution in [-0.4, -0.2) is 24.1 Å². The standard InChI is InChI=1S/C13H14BrNO4/c1-8(15-12(16)5-6-13(17)18)9-3-4-11(19-2)10(14)7-9/h3-8H,1-2H3,(H,15,16)(H,17,18)/b6-5+. The smallest absolute Gasteiger partial charge is 0.328 e. The summed E-state index contributed by atoms with van der Waals surface area (Å²) >= 11 is 3.36. The van der Waals surface area contributed by atoms with E-state index in [1.165, 1.54) is 0 Å². The second-order valence-corrected chi connectivity index (χ2v) is 4.65. The summed E-state index contributed by atoms with van der Waals surface area (Å²) in [5.41, 5.74) is 0.879. The molecule has 0 fully saturated rings. The van der Waals surface area contributed by atoms with Crippen LogP contribution in [0.15, 0.2) is 34.8 Å². The van der Waals surface area contributed by atoms with Gasteiger partial charge in [0.2, 0.25) is 5.91 Å². The normalized spacial score (nSPS) is 12.2. The van der Waals surface area contributed by atoms with Crippen molar-refractivity contribution < 1.29 is 19.4 Å². The Hall–Kier alpha value is -1.82. The van der Waals surface area contributed by atoms with Crippen molar-refractivity contribution in [3.63, 3.8) is 0 Å². The number of ether oxygens (including phenoxy) is 1. The third-order valence-corrected chi connectivity index (χ3v) is 3.03. The van der Waals surface area contributed by atoms with Crippen LogP contribution >= 0.6 is 15.9 Å². The van der Waals surface area contributed by atoms with Gasteiger partial charge in [-0.15, -0.1) is 0 Å². The topological polar surface area (TPSA) is 75.6 Å². The van der Waals surface area contributed by atoms with Gasteiger partial charge >= 0.3 is 5.97 Å². The highest BCUT2D eigenvalue weighted by Crippen LogP contribution is 2.27. The lowest BCUT2D eigenvalue weighted by molar-refractivity contribution is -0.131. The van der Waals surface area contributed by atoms with Gasteiger partial charge in [0.1, 0.15) is 5.75 Å². The lowest BCUT2D eigenvalue weighted by Crippen LogP contribution is -2.24. The number of amides is 1. The number of carbonyl (C=O) groups is 2. The van der Waals surface area contributed by atoms with Gasteiger partial charge in [-0.25, -0.2) is 4.79 Å². The zero-order chi connectivity index (χ0) is 14.4. The van der Waals surface area contributed by atoms with E-state index in [1.807, 2.05) is 12.1 Å². The molecule has 19 heavy (non-hydrogen) atoms. The molecule has 0 aliphatic heterocycles. The van der Waals surface area contributed by atoms with Crippen LogP contribution in [0.25, 0.3) is 0 Å². The molecule has 0 spiro atoms. The maximum absolute atomic E-state index is 11.4. The van der Waals surface area contributed by atoms with Crippen LogP contribution < -0.4 is 10.1 Å². The van der Waals surface area contributed by atoms with E-state index in [4.69, 9.17) is 9.84 Å². The van der Waals surface area contributed by atoms with Crippen LogP contribution in [0.4, 0.5) is 0 Å². The number of hydrogen-bond acceptors (Lipinski definition) is 3. The van der Waals surface area contributed by atoms with Gasteiger partial charge in [0, 0.05) is 12.2 Å².